The van der Waals surface area contributed by atoms with Crippen LogP contribution in [0, 0.1) is 10.1 Å². The maximum Gasteiger partial charge on any atom is 0.274 e. The first kappa shape index (κ1) is 15.4. The monoisotopic (exact) mass is 300 g/mol. The maximum absolute atomic E-state index is 12.1. The van der Waals surface area contributed by atoms with Gasteiger partial charge >= 0.3 is 0 Å². The highest BCUT2D eigenvalue weighted by Crippen LogP contribution is 2.19. The second kappa shape index (κ2) is 6.66. The Morgan fingerprint density at radius 1 is 1.41 bits per heavy atom. The molecule has 22 heavy (non-hydrogen) atoms. The van der Waals surface area contributed by atoms with Gasteiger partial charge in [0.05, 0.1) is 17.2 Å². The summed E-state index contributed by atoms with van der Waals surface area (Å²) in [4.78, 5) is 24.0. The summed E-state index contributed by atoms with van der Waals surface area (Å²) in [5, 5.41) is 15.0. The van der Waals surface area contributed by atoms with Crippen molar-refractivity contribution in [2.75, 3.05) is 7.05 Å². The summed E-state index contributed by atoms with van der Waals surface area (Å²) in [5.74, 6) is -0.237. The van der Waals surface area contributed by atoms with Crippen molar-refractivity contribution in [1.29, 1.82) is 0 Å². The molecule has 0 saturated carbocycles. The Bertz CT molecular complexity index is 721. The van der Waals surface area contributed by atoms with E-state index in [1.54, 1.807) is 55.3 Å². The molecule has 0 radical (unpaired) electrons. The zero-order valence-corrected chi connectivity index (χ0v) is 12.3. The van der Waals surface area contributed by atoms with Crippen molar-refractivity contribution in [3.63, 3.8) is 0 Å². The molecule has 2 aromatic rings. The fraction of sp³-hybridized carbons (Fsp3) is 0.200. The summed E-state index contributed by atoms with van der Waals surface area (Å²) in [7, 11) is 3.38. The maximum atomic E-state index is 12.1. The highest BCUT2D eigenvalue weighted by Gasteiger charge is 2.15. The van der Waals surface area contributed by atoms with Gasteiger partial charge in [-0.05, 0) is 12.1 Å². The molecule has 1 amide bonds. The number of amides is 1. The van der Waals surface area contributed by atoms with E-state index in [4.69, 9.17) is 0 Å². The minimum absolute atomic E-state index is 0.0118. The quantitative estimate of drug-likeness (QED) is 0.480. The third kappa shape index (κ3) is 3.57. The second-order valence-corrected chi connectivity index (χ2v) is 4.79. The smallest absolute Gasteiger partial charge is 0.274 e. The highest BCUT2D eigenvalue weighted by molar-refractivity contribution is 5.91. The molecule has 0 atom stereocenters. The summed E-state index contributed by atoms with van der Waals surface area (Å²) in [6.45, 7) is 0.172. The van der Waals surface area contributed by atoms with E-state index in [0.29, 0.717) is 5.56 Å². The van der Waals surface area contributed by atoms with E-state index in [9.17, 15) is 14.9 Å². The Hall–Kier alpha value is -2.96. The molecule has 7 nitrogen and oxygen atoms in total. The largest absolute Gasteiger partial charge is 0.338 e. The van der Waals surface area contributed by atoms with Crippen LogP contribution in [0.3, 0.4) is 0 Å². The zero-order chi connectivity index (χ0) is 16.1. The van der Waals surface area contributed by atoms with Gasteiger partial charge in [0.2, 0.25) is 5.91 Å². The molecule has 0 bridgehead atoms. The predicted octanol–water partition coefficient (Wildman–Crippen LogP) is 2.00. The van der Waals surface area contributed by atoms with E-state index < -0.39 is 4.92 Å². The van der Waals surface area contributed by atoms with Gasteiger partial charge in [-0.1, -0.05) is 18.2 Å². The normalized spacial score (nSPS) is 10.8. The van der Waals surface area contributed by atoms with Crippen molar-refractivity contribution in [2.45, 2.75) is 6.54 Å². The summed E-state index contributed by atoms with van der Waals surface area (Å²) in [6.07, 6.45) is 4.72. The van der Waals surface area contributed by atoms with Crippen LogP contribution in [0.1, 0.15) is 11.3 Å². The summed E-state index contributed by atoms with van der Waals surface area (Å²) in [5.41, 5.74) is 1.31. The SMILES string of the molecule is CN(Cc1ccccc1[N+](=O)[O-])C(=O)/C=C/c1ccnn1C. The van der Waals surface area contributed by atoms with Crippen LogP contribution < -0.4 is 0 Å². The number of nitrogens with zero attached hydrogens (tertiary/aromatic N) is 4. The summed E-state index contributed by atoms with van der Waals surface area (Å²) in [6, 6.07) is 8.18. The molecule has 0 aliphatic carbocycles. The number of carbonyl (C=O) groups is 1. The van der Waals surface area contributed by atoms with Crippen molar-refractivity contribution in [1.82, 2.24) is 14.7 Å². The van der Waals surface area contributed by atoms with Gasteiger partial charge in [-0.25, -0.2) is 0 Å². The van der Waals surface area contributed by atoms with Crippen LogP contribution in [0.15, 0.2) is 42.6 Å². The number of carbonyl (C=O) groups excluding carboxylic acids is 1. The number of likely N-dealkylation sites (N-methyl/N-ethyl adjacent to an activating group) is 1. The van der Waals surface area contributed by atoms with Crippen molar-refractivity contribution in [3.05, 3.63) is 64.0 Å². The van der Waals surface area contributed by atoms with E-state index >= 15 is 0 Å². The molecule has 0 unspecified atom stereocenters. The van der Waals surface area contributed by atoms with Crippen LogP contribution in [0.2, 0.25) is 0 Å². The van der Waals surface area contributed by atoms with E-state index in [-0.39, 0.29) is 18.1 Å². The van der Waals surface area contributed by atoms with Gasteiger partial charge in [-0.15, -0.1) is 0 Å². The summed E-state index contributed by atoms with van der Waals surface area (Å²) >= 11 is 0. The molecule has 0 aliphatic rings. The molecule has 1 heterocycles. The van der Waals surface area contributed by atoms with Crippen LogP contribution in [0.4, 0.5) is 5.69 Å². The Morgan fingerprint density at radius 3 is 2.77 bits per heavy atom. The number of benzene rings is 1. The molecule has 0 fully saturated rings. The van der Waals surface area contributed by atoms with Crippen LogP contribution >= 0.6 is 0 Å². The molecular weight excluding hydrogens is 284 g/mol. The fourth-order valence-electron chi connectivity index (χ4n) is 1.99. The molecule has 7 heteroatoms. The van der Waals surface area contributed by atoms with Crippen molar-refractivity contribution in [2.24, 2.45) is 7.05 Å². The number of nitro groups is 1. The number of hydrogen-bond donors (Lipinski definition) is 0. The lowest BCUT2D eigenvalue weighted by atomic mass is 10.1. The predicted molar refractivity (Wildman–Crippen MR) is 81.8 cm³/mol. The average Bonchev–Trinajstić information content (AvgIpc) is 2.90. The van der Waals surface area contributed by atoms with Gasteiger partial charge in [-0.3, -0.25) is 19.6 Å². The van der Waals surface area contributed by atoms with Gasteiger partial charge in [0.1, 0.15) is 0 Å². The minimum Gasteiger partial charge on any atom is -0.338 e. The topological polar surface area (TPSA) is 81.3 Å². The Morgan fingerprint density at radius 2 is 2.14 bits per heavy atom. The number of hydrogen-bond acceptors (Lipinski definition) is 4. The molecule has 1 aromatic heterocycles. The first-order valence-corrected chi connectivity index (χ1v) is 6.62. The van der Waals surface area contributed by atoms with Crippen LogP contribution in [0.5, 0.6) is 0 Å². The van der Waals surface area contributed by atoms with E-state index in [2.05, 4.69) is 5.10 Å². The lowest BCUT2D eigenvalue weighted by Gasteiger charge is -2.15. The fourth-order valence-corrected chi connectivity index (χ4v) is 1.99. The van der Waals surface area contributed by atoms with Crippen LogP contribution in [-0.2, 0) is 18.4 Å². The summed E-state index contributed by atoms with van der Waals surface area (Å²) < 4.78 is 1.64. The number of aromatic nitrogens is 2. The Kier molecular flexibility index (Phi) is 4.67. The van der Waals surface area contributed by atoms with Gasteiger partial charge in [-0.2, -0.15) is 5.10 Å². The molecule has 0 spiro atoms. The van der Waals surface area contributed by atoms with E-state index in [1.165, 1.54) is 17.0 Å². The average molecular weight is 300 g/mol. The molecule has 1 aromatic carbocycles. The van der Waals surface area contributed by atoms with Crippen LogP contribution in [0.25, 0.3) is 6.08 Å². The Balaban J connectivity index is 2.08. The van der Waals surface area contributed by atoms with Crippen molar-refractivity contribution in [3.8, 4) is 0 Å². The van der Waals surface area contributed by atoms with Crippen molar-refractivity contribution >= 4 is 17.7 Å². The third-order valence-corrected chi connectivity index (χ3v) is 3.23. The number of para-hydroxylation sites is 1. The van der Waals surface area contributed by atoms with Gasteiger partial charge < -0.3 is 4.90 Å². The standard InChI is InChI=1S/C15H16N4O3/c1-17(11-12-5-3-4-6-14(12)19(21)22)15(20)8-7-13-9-10-16-18(13)2/h3-10H,11H2,1-2H3/b8-7+. The molecular formula is C15H16N4O3. The highest BCUT2D eigenvalue weighted by atomic mass is 16.6. The molecule has 0 saturated heterocycles. The van der Waals surface area contributed by atoms with E-state index in [1.807, 2.05) is 0 Å². The Labute approximate surface area is 127 Å². The van der Waals surface area contributed by atoms with Gasteiger partial charge in [0.15, 0.2) is 0 Å². The van der Waals surface area contributed by atoms with E-state index in [0.717, 1.165) is 5.69 Å². The van der Waals surface area contributed by atoms with Crippen molar-refractivity contribution < 1.29 is 9.72 Å². The number of aryl methyl sites for hydroxylation is 1. The molecule has 114 valence electrons. The van der Waals surface area contributed by atoms with Crippen LogP contribution in [-0.4, -0.2) is 32.6 Å². The molecule has 0 N–H and O–H groups in total. The van der Waals surface area contributed by atoms with Gasteiger partial charge in [0, 0.05) is 38.0 Å². The minimum atomic E-state index is -0.445. The first-order valence-electron chi connectivity index (χ1n) is 6.62. The molecule has 0 aliphatic heterocycles. The second-order valence-electron chi connectivity index (χ2n) is 4.79. The number of rotatable bonds is 5. The lowest BCUT2D eigenvalue weighted by Crippen LogP contribution is -2.24. The van der Waals surface area contributed by atoms with Gasteiger partial charge in [0.25, 0.3) is 5.69 Å². The third-order valence-electron chi connectivity index (χ3n) is 3.23. The first-order chi connectivity index (χ1) is 10.5. The zero-order valence-electron chi connectivity index (χ0n) is 12.3. The lowest BCUT2D eigenvalue weighted by molar-refractivity contribution is -0.385. The molecule has 2 rings (SSSR count). The number of nitro benzene ring substituents is 1.